The van der Waals surface area contributed by atoms with E-state index in [-0.39, 0.29) is 12.8 Å². The SMILES string of the molecule is CCCC/C=C/CC/C=C/CC/C=C/CCCC(O)C(O)C(COC1OC(CO)C(O)C(O)C1O)NC(=O)C(O)CCCCCCCC/C=C\C/C=C\CCCCCCCCCCC. The van der Waals surface area contributed by atoms with Crippen molar-refractivity contribution in [3.05, 3.63) is 60.8 Å². The molecule has 64 heavy (non-hydrogen) atoms. The van der Waals surface area contributed by atoms with E-state index in [1.807, 2.05) is 0 Å². The smallest absolute Gasteiger partial charge is 0.249 e. The molecule has 0 aromatic rings. The fourth-order valence-electron chi connectivity index (χ4n) is 7.72. The summed E-state index contributed by atoms with van der Waals surface area (Å²) in [5, 5.41) is 75.8. The second-order valence-electron chi connectivity index (χ2n) is 17.9. The van der Waals surface area contributed by atoms with Gasteiger partial charge in [0.05, 0.1) is 25.4 Å². The zero-order chi connectivity index (χ0) is 46.9. The number of aliphatic hydroxyl groups excluding tert-OH is 7. The largest absolute Gasteiger partial charge is 0.394 e. The van der Waals surface area contributed by atoms with Crippen molar-refractivity contribution in [2.75, 3.05) is 13.2 Å². The summed E-state index contributed by atoms with van der Waals surface area (Å²) in [6.07, 6.45) is 41.2. The Morgan fingerprint density at radius 3 is 1.53 bits per heavy atom. The molecule has 11 nitrogen and oxygen atoms in total. The summed E-state index contributed by atoms with van der Waals surface area (Å²) in [4.78, 5) is 13.1. The lowest BCUT2D eigenvalue weighted by Gasteiger charge is -2.40. The number of allylic oxidation sites excluding steroid dienone is 10. The molecule has 9 unspecified atom stereocenters. The number of ether oxygens (including phenoxy) is 2. The number of hydrogen-bond donors (Lipinski definition) is 8. The molecule has 1 heterocycles. The first-order valence-electron chi connectivity index (χ1n) is 25.7. The van der Waals surface area contributed by atoms with E-state index in [2.05, 4.69) is 79.9 Å². The van der Waals surface area contributed by atoms with Crippen molar-refractivity contribution >= 4 is 5.91 Å². The minimum Gasteiger partial charge on any atom is -0.394 e. The Bertz CT molecular complexity index is 1220. The molecule has 0 radical (unpaired) electrons. The van der Waals surface area contributed by atoms with Gasteiger partial charge in [-0.25, -0.2) is 0 Å². The van der Waals surface area contributed by atoms with E-state index in [1.54, 1.807) is 0 Å². The van der Waals surface area contributed by atoms with E-state index in [1.165, 1.54) is 77.0 Å². The number of carbonyl (C=O) groups is 1. The zero-order valence-corrected chi connectivity index (χ0v) is 40.2. The third-order valence-electron chi connectivity index (χ3n) is 12.0. The van der Waals surface area contributed by atoms with Crippen molar-refractivity contribution in [2.45, 2.75) is 255 Å². The van der Waals surface area contributed by atoms with Gasteiger partial charge in [0.25, 0.3) is 0 Å². The van der Waals surface area contributed by atoms with Crippen LogP contribution in [0, 0.1) is 0 Å². The molecule has 372 valence electrons. The van der Waals surface area contributed by atoms with Crippen LogP contribution >= 0.6 is 0 Å². The highest BCUT2D eigenvalue weighted by molar-refractivity contribution is 5.80. The predicted octanol–water partition coefficient (Wildman–Crippen LogP) is 9.50. The van der Waals surface area contributed by atoms with Gasteiger partial charge in [-0.2, -0.15) is 0 Å². The van der Waals surface area contributed by atoms with Gasteiger partial charge >= 0.3 is 0 Å². The Balaban J connectivity index is 2.42. The third kappa shape index (κ3) is 30.9. The molecule has 9 atom stereocenters. The maximum atomic E-state index is 13.1. The van der Waals surface area contributed by atoms with Crippen LogP contribution in [-0.2, 0) is 14.3 Å². The Kier molecular flexibility index (Phi) is 39.4. The van der Waals surface area contributed by atoms with Gasteiger partial charge in [-0.3, -0.25) is 4.79 Å². The van der Waals surface area contributed by atoms with Gasteiger partial charge in [0.1, 0.15) is 36.6 Å². The first kappa shape index (κ1) is 59.8. The van der Waals surface area contributed by atoms with E-state index in [9.17, 15) is 40.5 Å². The Labute approximate surface area is 389 Å². The van der Waals surface area contributed by atoms with Gasteiger partial charge in [-0.05, 0) is 89.9 Å². The van der Waals surface area contributed by atoms with Crippen molar-refractivity contribution < 1.29 is 50.0 Å². The van der Waals surface area contributed by atoms with E-state index < -0.39 is 74.2 Å². The highest BCUT2D eigenvalue weighted by Crippen LogP contribution is 2.23. The molecule has 0 aliphatic carbocycles. The van der Waals surface area contributed by atoms with Crippen molar-refractivity contribution in [1.29, 1.82) is 0 Å². The van der Waals surface area contributed by atoms with E-state index in [0.717, 1.165) is 77.0 Å². The molecule has 1 aliphatic rings. The highest BCUT2D eigenvalue weighted by Gasteiger charge is 2.44. The maximum absolute atomic E-state index is 13.1. The van der Waals surface area contributed by atoms with Gasteiger partial charge < -0.3 is 50.5 Å². The normalized spacial score (nSPS) is 21.5. The molecule has 0 bridgehead atoms. The van der Waals surface area contributed by atoms with E-state index in [0.29, 0.717) is 19.3 Å². The average Bonchev–Trinajstić information content (AvgIpc) is 3.29. The standard InChI is InChI=1S/C53H95NO10/c1-3-5-7-9-11-13-15-17-19-20-21-22-23-24-25-27-29-31-33-35-37-39-41-46(57)52(62)54-44(43-63-53-51(61)50(60)49(59)47(42-55)64-53)48(58)45(56)40-38-36-34-32-30-28-26-18-16-14-12-10-8-6-4-2/h10,12,18,21-22,24-26,32,34,44-51,53,55-61H,3-9,11,13-17,19-20,23,27-31,33,35-43H2,1-2H3,(H,54,62)/b12-10+,22-21-,25-24-,26-18+,34-32+. The van der Waals surface area contributed by atoms with Crippen LogP contribution in [0.1, 0.15) is 200 Å². The molecular weight excluding hydrogens is 811 g/mol. The lowest BCUT2D eigenvalue weighted by molar-refractivity contribution is -0.303. The summed E-state index contributed by atoms with van der Waals surface area (Å²) >= 11 is 0. The molecule has 1 fully saturated rings. The predicted molar refractivity (Wildman–Crippen MR) is 261 cm³/mol. The zero-order valence-electron chi connectivity index (χ0n) is 40.2. The van der Waals surface area contributed by atoms with Crippen LogP contribution in [0.3, 0.4) is 0 Å². The van der Waals surface area contributed by atoms with Crippen LogP contribution in [0.4, 0.5) is 0 Å². The number of carbonyl (C=O) groups excluding carboxylic acids is 1. The Hall–Kier alpha value is -2.19. The summed E-state index contributed by atoms with van der Waals surface area (Å²) in [5.74, 6) is -0.723. The summed E-state index contributed by atoms with van der Waals surface area (Å²) in [5.41, 5.74) is 0. The summed E-state index contributed by atoms with van der Waals surface area (Å²) in [6.45, 7) is 3.37. The topological polar surface area (TPSA) is 189 Å². The molecule has 0 aromatic carbocycles. The Morgan fingerprint density at radius 1 is 0.547 bits per heavy atom. The molecular formula is C53H95NO10. The molecule has 0 saturated carbocycles. The van der Waals surface area contributed by atoms with Gasteiger partial charge in [0, 0.05) is 0 Å². The summed E-state index contributed by atoms with van der Waals surface area (Å²) in [7, 11) is 0. The van der Waals surface area contributed by atoms with Crippen LogP contribution in [0.15, 0.2) is 60.8 Å². The molecule has 1 rings (SSSR count). The van der Waals surface area contributed by atoms with Crippen molar-refractivity contribution in [1.82, 2.24) is 5.32 Å². The monoisotopic (exact) mass is 906 g/mol. The van der Waals surface area contributed by atoms with Gasteiger partial charge in [0.2, 0.25) is 5.91 Å². The van der Waals surface area contributed by atoms with Crippen molar-refractivity contribution in [3.8, 4) is 0 Å². The minimum atomic E-state index is -1.68. The fraction of sp³-hybridized carbons (Fsp3) is 0.792. The number of unbranched alkanes of at least 4 members (excludes halogenated alkanes) is 20. The van der Waals surface area contributed by atoms with Gasteiger partial charge in [0.15, 0.2) is 6.29 Å². The quantitative estimate of drug-likeness (QED) is 0.0216. The lowest BCUT2D eigenvalue weighted by atomic mass is 9.98. The van der Waals surface area contributed by atoms with Crippen LogP contribution < -0.4 is 5.32 Å². The van der Waals surface area contributed by atoms with Crippen LogP contribution in [0.2, 0.25) is 0 Å². The number of hydrogen-bond acceptors (Lipinski definition) is 10. The average molecular weight is 906 g/mol. The second kappa shape index (κ2) is 42.2. The van der Waals surface area contributed by atoms with Crippen LogP contribution in [-0.4, -0.2) is 110 Å². The second-order valence-corrected chi connectivity index (χ2v) is 17.9. The first-order valence-corrected chi connectivity index (χ1v) is 25.7. The summed E-state index contributed by atoms with van der Waals surface area (Å²) in [6, 6.07) is -1.20. The molecule has 1 aliphatic heterocycles. The van der Waals surface area contributed by atoms with Gasteiger partial charge in [-0.15, -0.1) is 0 Å². The Morgan fingerprint density at radius 2 is 1.00 bits per heavy atom. The lowest BCUT2D eigenvalue weighted by Crippen LogP contribution is -2.60. The minimum absolute atomic E-state index is 0.235. The van der Waals surface area contributed by atoms with Crippen molar-refractivity contribution in [3.63, 3.8) is 0 Å². The van der Waals surface area contributed by atoms with E-state index >= 15 is 0 Å². The van der Waals surface area contributed by atoms with Crippen LogP contribution in [0.25, 0.3) is 0 Å². The summed E-state index contributed by atoms with van der Waals surface area (Å²) < 4.78 is 11.1. The number of aliphatic hydroxyl groups is 7. The molecule has 0 spiro atoms. The molecule has 8 N–H and O–H groups in total. The molecule has 1 saturated heterocycles. The fourth-order valence-corrected chi connectivity index (χ4v) is 7.72. The third-order valence-corrected chi connectivity index (χ3v) is 12.0. The molecule has 1 amide bonds. The van der Waals surface area contributed by atoms with Crippen molar-refractivity contribution in [2.24, 2.45) is 0 Å². The van der Waals surface area contributed by atoms with Gasteiger partial charge in [-0.1, -0.05) is 171 Å². The first-order chi connectivity index (χ1) is 31.2. The maximum Gasteiger partial charge on any atom is 0.249 e. The van der Waals surface area contributed by atoms with Crippen LogP contribution in [0.5, 0.6) is 0 Å². The number of amides is 1. The molecule has 11 heteroatoms. The molecule has 0 aromatic heterocycles. The number of rotatable bonds is 42. The van der Waals surface area contributed by atoms with E-state index in [4.69, 9.17) is 9.47 Å². The number of nitrogens with one attached hydrogen (secondary N) is 1. The highest BCUT2D eigenvalue weighted by atomic mass is 16.7.